The van der Waals surface area contributed by atoms with Gasteiger partial charge in [0.1, 0.15) is 17.4 Å². The highest BCUT2D eigenvalue weighted by atomic mass is 16.6. The minimum atomic E-state index is -0.869. The van der Waals surface area contributed by atoms with Crippen molar-refractivity contribution in [2.45, 2.75) is 25.8 Å². The number of esters is 1. The number of anilines is 2. The third-order valence-corrected chi connectivity index (χ3v) is 4.23. The zero-order chi connectivity index (χ0) is 21.4. The molecule has 2 aromatic rings. The lowest BCUT2D eigenvalue weighted by Gasteiger charge is -2.15. The molecule has 29 heavy (non-hydrogen) atoms. The molecule has 1 atom stereocenters. The summed E-state index contributed by atoms with van der Waals surface area (Å²) in [6.45, 7) is 1.91. The molecule has 0 fully saturated rings. The summed E-state index contributed by atoms with van der Waals surface area (Å²) in [5, 5.41) is 28.4. The molecule has 0 heterocycles. The lowest BCUT2D eigenvalue weighted by molar-refractivity contribution is -0.393. The summed E-state index contributed by atoms with van der Waals surface area (Å²) in [7, 11) is 1.20. The van der Waals surface area contributed by atoms with Crippen LogP contribution in [0.25, 0.3) is 0 Å². The summed E-state index contributed by atoms with van der Waals surface area (Å²) in [6, 6.07) is 11.1. The molecule has 0 saturated heterocycles. The number of benzene rings is 2. The average molecular weight is 402 g/mol. The fraction of sp³-hybridized carbons (Fsp3) is 0.316. The first-order valence-corrected chi connectivity index (χ1v) is 8.92. The summed E-state index contributed by atoms with van der Waals surface area (Å²) in [5.41, 5.74) is 0.356. The van der Waals surface area contributed by atoms with E-state index in [1.54, 1.807) is 0 Å². The fourth-order valence-corrected chi connectivity index (χ4v) is 2.77. The van der Waals surface area contributed by atoms with Gasteiger partial charge < -0.3 is 15.4 Å². The van der Waals surface area contributed by atoms with Crippen molar-refractivity contribution < 1.29 is 19.4 Å². The standard InChI is InChI=1S/C19H22N4O6/c1-13(19(24)29-2)21-16-11-15(17(22(25)26)12-18(16)23(27)28)20-10-6-9-14-7-4-3-5-8-14/h3-5,7-8,11-13,20-21H,6,9-10H2,1-2H3. The number of rotatable bonds is 10. The van der Waals surface area contributed by atoms with Crippen molar-refractivity contribution in [2.24, 2.45) is 0 Å². The third kappa shape index (κ3) is 5.89. The molecular formula is C19H22N4O6. The first-order valence-electron chi connectivity index (χ1n) is 8.92. The first kappa shape index (κ1) is 21.6. The molecule has 0 aromatic heterocycles. The number of carbonyl (C=O) groups excluding carboxylic acids is 1. The second-order valence-electron chi connectivity index (χ2n) is 6.31. The smallest absolute Gasteiger partial charge is 0.327 e. The average Bonchev–Trinajstić information content (AvgIpc) is 2.70. The van der Waals surface area contributed by atoms with E-state index < -0.39 is 33.2 Å². The van der Waals surface area contributed by atoms with E-state index in [2.05, 4.69) is 15.4 Å². The highest BCUT2D eigenvalue weighted by molar-refractivity contribution is 5.83. The molecule has 0 aliphatic rings. The number of nitrogens with zero attached hydrogens (tertiary/aromatic N) is 2. The molecule has 0 amide bonds. The van der Waals surface area contributed by atoms with Gasteiger partial charge in [0, 0.05) is 6.54 Å². The van der Waals surface area contributed by atoms with Crippen LogP contribution in [0.15, 0.2) is 42.5 Å². The Balaban J connectivity index is 2.21. The molecule has 154 valence electrons. The maximum absolute atomic E-state index is 11.6. The molecule has 2 N–H and O–H groups in total. The number of carbonyl (C=O) groups is 1. The monoisotopic (exact) mass is 402 g/mol. The minimum absolute atomic E-state index is 0.0101. The van der Waals surface area contributed by atoms with Crippen LogP contribution in [0, 0.1) is 20.2 Å². The second-order valence-corrected chi connectivity index (χ2v) is 6.31. The number of ether oxygens (including phenoxy) is 1. The van der Waals surface area contributed by atoms with Crippen molar-refractivity contribution >= 4 is 28.7 Å². The predicted molar refractivity (Wildman–Crippen MR) is 108 cm³/mol. The number of nitrogens with one attached hydrogen (secondary N) is 2. The van der Waals surface area contributed by atoms with Crippen LogP contribution in [-0.4, -0.2) is 35.5 Å². The van der Waals surface area contributed by atoms with Crippen molar-refractivity contribution in [1.82, 2.24) is 0 Å². The van der Waals surface area contributed by atoms with Gasteiger partial charge in [0.2, 0.25) is 0 Å². The highest BCUT2D eigenvalue weighted by Gasteiger charge is 2.26. The molecule has 2 aromatic carbocycles. The maximum Gasteiger partial charge on any atom is 0.327 e. The summed E-state index contributed by atoms with van der Waals surface area (Å²) < 4.78 is 4.60. The van der Waals surface area contributed by atoms with Gasteiger partial charge in [-0.05, 0) is 31.4 Å². The predicted octanol–water partition coefficient (Wildman–Crippen LogP) is 3.52. The van der Waals surface area contributed by atoms with Crippen molar-refractivity contribution in [3.05, 3.63) is 68.3 Å². The van der Waals surface area contributed by atoms with Crippen molar-refractivity contribution in [2.75, 3.05) is 24.3 Å². The van der Waals surface area contributed by atoms with Crippen LogP contribution in [0.2, 0.25) is 0 Å². The van der Waals surface area contributed by atoms with E-state index in [-0.39, 0.29) is 11.4 Å². The van der Waals surface area contributed by atoms with Crippen molar-refractivity contribution in [3.8, 4) is 0 Å². The highest BCUT2D eigenvalue weighted by Crippen LogP contribution is 2.36. The summed E-state index contributed by atoms with van der Waals surface area (Å²) in [4.78, 5) is 32.9. The van der Waals surface area contributed by atoms with E-state index in [1.807, 2.05) is 30.3 Å². The molecule has 1 unspecified atom stereocenters. The molecule has 0 saturated carbocycles. The summed E-state index contributed by atoms with van der Waals surface area (Å²) in [5.74, 6) is -0.616. The molecule has 10 heteroatoms. The third-order valence-electron chi connectivity index (χ3n) is 4.23. The maximum atomic E-state index is 11.6. The SMILES string of the molecule is COC(=O)C(C)Nc1cc(NCCCc2ccccc2)c([N+](=O)[O-])cc1[N+](=O)[O-]. The van der Waals surface area contributed by atoms with Crippen molar-refractivity contribution in [1.29, 1.82) is 0 Å². The van der Waals surface area contributed by atoms with Crippen LogP contribution in [0.3, 0.4) is 0 Å². The number of hydrogen-bond donors (Lipinski definition) is 2. The lowest BCUT2D eigenvalue weighted by Crippen LogP contribution is -2.27. The Morgan fingerprint density at radius 3 is 2.28 bits per heavy atom. The van der Waals surface area contributed by atoms with E-state index >= 15 is 0 Å². The molecular weight excluding hydrogens is 380 g/mol. The fourth-order valence-electron chi connectivity index (χ4n) is 2.77. The largest absolute Gasteiger partial charge is 0.467 e. The Bertz CT molecular complexity index is 888. The second kappa shape index (κ2) is 10.0. The van der Waals surface area contributed by atoms with Crippen molar-refractivity contribution in [3.63, 3.8) is 0 Å². The van der Waals surface area contributed by atoms with E-state index in [0.717, 1.165) is 18.1 Å². The Labute approximate surface area is 167 Å². The number of nitro benzene ring substituents is 2. The van der Waals surface area contributed by atoms with Gasteiger partial charge in [-0.2, -0.15) is 0 Å². The number of hydrogen-bond acceptors (Lipinski definition) is 8. The molecule has 10 nitrogen and oxygen atoms in total. The van der Waals surface area contributed by atoms with Crippen LogP contribution in [0.4, 0.5) is 22.7 Å². The summed E-state index contributed by atoms with van der Waals surface area (Å²) in [6.07, 6.45) is 1.48. The van der Waals surface area contributed by atoms with Crippen LogP contribution in [-0.2, 0) is 16.0 Å². The van der Waals surface area contributed by atoms with Crippen LogP contribution >= 0.6 is 0 Å². The van der Waals surface area contributed by atoms with E-state index in [0.29, 0.717) is 13.0 Å². The van der Waals surface area contributed by atoms with Gasteiger partial charge in [-0.3, -0.25) is 20.2 Å². The van der Waals surface area contributed by atoms with Gasteiger partial charge in [0.25, 0.3) is 11.4 Å². The molecule has 0 radical (unpaired) electrons. The van der Waals surface area contributed by atoms with Gasteiger partial charge in [-0.15, -0.1) is 0 Å². The van der Waals surface area contributed by atoms with E-state index in [1.165, 1.54) is 20.1 Å². The molecule has 0 aliphatic heterocycles. The van der Waals surface area contributed by atoms with Gasteiger partial charge in [0.05, 0.1) is 23.0 Å². The van der Waals surface area contributed by atoms with E-state index in [4.69, 9.17) is 0 Å². The van der Waals surface area contributed by atoms with Crippen LogP contribution in [0.1, 0.15) is 18.9 Å². The molecule has 2 rings (SSSR count). The normalized spacial score (nSPS) is 11.4. The Kier molecular flexibility index (Phi) is 7.47. The Morgan fingerprint density at radius 1 is 1.07 bits per heavy atom. The number of aryl methyl sites for hydroxylation is 1. The Morgan fingerprint density at radius 2 is 1.69 bits per heavy atom. The quantitative estimate of drug-likeness (QED) is 0.266. The topological polar surface area (TPSA) is 137 Å². The van der Waals surface area contributed by atoms with E-state index in [9.17, 15) is 25.0 Å². The Hall–Kier alpha value is -3.69. The molecule has 0 aliphatic carbocycles. The van der Waals surface area contributed by atoms with Gasteiger partial charge in [-0.1, -0.05) is 30.3 Å². The van der Waals surface area contributed by atoms with Crippen LogP contribution < -0.4 is 10.6 Å². The van der Waals surface area contributed by atoms with Gasteiger partial charge >= 0.3 is 5.97 Å². The zero-order valence-electron chi connectivity index (χ0n) is 16.1. The molecule has 0 spiro atoms. The number of methoxy groups -OCH3 is 1. The van der Waals surface area contributed by atoms with Gasteiger partial charge in [-0.25, -0.2) is 4.79 Å². The van der Waals surface area contributed by atoms with Crippen LogP contribution in [0.5, 0.6) is 0 Å². The lowest BCUT2D eigenvalue weighted by atomic mass is 10.1. The number of nitro groups is 2. The minimum Gasteiger partial charge on any atom is -0.467 e. The molecule has 0 bridgehead atoms. The summed E-state index contributed by atoms with van der Waals surface area (Å²) >= 11 is 0. The zero-order valence-corrected chi connectivity index (χ0v) is 16.1. The first-order chi connectivity index (χ1) is 13.8. The van der Waals surface area contributed by atoms with Gasteiger partial charge in [0.15, 0.2) is 0 Å².